The first-order chi connectivity index (χ1) is 16.9. The summed E-state index contributed by atoms with van der Waals surface area (Å²) in [7, 11) is 3.48. The fourth-order valence-corrected chi connectivity index (χ4v) is 4.37. The van der Waals surface area contributed by atoms with Crippen molar-refractivity contribution < 1.29 is 9.13 Å². The molecule has 1 aromatic carbocycles. The number of aliphatic imine (C=N–C) groups is 2. The number of hydrogen-bond acceptors (Lipinski definition) is 7. The van der Waals surface area contributed by atoms with Crippen LogP contribution in [0.15, 0.2) is 57.3 Å². The van der Waals surface area contributed by atoms with E-state index in [1.165, 1.54) is 31.4 Å². The van der Waals surface area contributed by atoms with E-state index in [4.69, 9.17) is 21.2 Å². The molecule has 0 amide bonds. The molecule has 2 aliphatic rings. The second-order valence-electron chi connectivity index (χ2n) is 9.06. The maximum absolute atomic E-state index is 14.2. The highest BCUT2D eigenvalue weighted by Gasteiger charge is 2.22. The van der Waals surface area contributed by atoms with Gasteiger partial charge in [0.2, 0.25) is 0 Å². The van der Waals surface area contributed by atoms with Crippen LogP contribution in [0, 0.1) is 11.7 Å². The fourth-order valence-electron chi connectivity index (χ4n) is 4.37. The quantitative estimate of drug-likeness (QED) is 0.565. The molecule has 1 aliphatic carbocycles. The lowest BCUT2D eigenvalue weighted by molar-refractivity contribution is 0.305. The average Bonchev–Trinajstić information content (AvgIpc) is 2.81. The summed E-state index contributed by atoms with van der Waals surface area (Å²) in [6, 6.07) is 6.44. The number of anilines is 1. The van der Waals surface area contributed by atoms with Crippen LogP contribution in [-0.4, -0.2) is 37.6 Å². The molecule has 0 unspecified atom stereocenters. The van der Waals surface area contributed by atoms with Crippen molar-refractivity contribution in [2.45, 2.75) is 39.2 Å². The number of benzene rings is 1. The van der Waals surface area contributed by atoms with Gasteiger partial charge < -0.3 is 21.5 Å². The molecule has 0 spiro atoms. The van der Waals surface area contributed by atoms with Crippen LogP contribution in [0.1, 0.15) is 49.3 Å². The summed E-state index contributed by atoms with van der Waals surface area (Å²) in [6.45, 7) is 2.72. The second-order valence-corrected chi connectivity index (χ2v) is 9.06. The van der Waals surface area contributed by atoms with Gasteiger partial charge >= 0.3 is 0 Å². The molecule has 1 saturated carbocycles. The number of hydrogen-bond donors (Lipinski definition) is 3. The van der Waals surface area contributed by atoms with Crippen molar-refractivity contribution in [3.63, 3.8) is 0 Å². The smallest absolute Gasteiger partial charge is 0.168 e. The first-order valence-corrected chi connectivity index (χ1v) is 11.9. The number of fused-ring (bicyclic) bond motifs is 3. The molecule has 7 nitrogen and oxygen atoms in total. The standard InChI is InChI=1S/C27H33FN6O/c1-16(29)23-10-18(13-31-2)25(30)22-8-7-21(28)9-20(22)15-35-24-11-19(14-34-27(24)32-3)26(23)33-12-17-5-4-6-17/h7-9,11,13-14,17H,4-6,10,12,15,29-30H2,1-3H3,(H,32,34)/b23-16-,25-18-,31-13?,33-26?. The van der Waals surface area contributed by atoms with E-state index in [2.05, 4.69) is 15.3 Å². The monoisotopic (exact) mass is 476 g/mol. The lowest BCUT2D eigenvalue weighted by Gasteiger charge is -2.25. The second kappa shape index (κ2) is 10.7. The summed E-state index contributed by atoms with van der Waals surface area (Å²) in [4.78, 5) is 13.9. The maximum Gasteiger partial charge on any atom is 0.168 e. The summed E-state index contributed by atoms with van der Waals surface area (Å²) < 4.78 is 20.4. The Balaban J connectivity index is 1.94. The van der Waals surface area contributed by atoms with Gasteiger partial charge in [0.1, 0.15) is 12.4 Å². The zero-order chi connectivity index (χ0) is 24.9. The summed E-state index contributed by atoms with van der Waals surface area (Å²) >= 11 is 0. The third kappa shape index (κ3) is 5.37. The number of rotatable bonds is 4. The van der Waals surface area contributed by atoms with E-state index in [-0.39, 0.29) is 12.4 Å². The molecule has 1 aliphatic heterocycles. The number of nitrogens with one attached hydrogen (secondary N) is 1. The Morgan fingerprint density at radius 1 is 1.31 bits per heavy atom. The van der Waals surface area contributed by atoms with Crippen molar-refractivity contribution in [2.24, 2.45) is 27.4 Å². The van der Waals surface area contributed by atoms with Crippen LogP contribution >= 0.6 is 0 Å². The van der Waals surface area contributed by atoms with Crippen molar-refractivity contribution in [1.29, 1.82) is 0 Å². The molecular formula is C27H33FN6O. The molecule has 2 heterocycles. The zero-order valence-electron chi connectivity index (χ0n) is 20.6. The van der Waals surface area contributed by atoms with E-state index in [0.29, 0.717) is 46.4 Å². The average molecular weight is 477 g/mol. The summed E-state index contributed by atoms with van der Waals surface area (Å²) in [5.74, 6) is 1.36. The van der Waals surface area contributed by atoms with Crippen LogP contribution in [0.25, 0.3) is 5.70 Å². The predicted octanol–water partition coefficient (Wildman–Crippen LogP) is 4.44. The Hall–Kier alpha value is -3.68. The van der Waals surface area contributed by atoms with Gasteiger partial charge in [0.25, 0.3) is 0 Å². The van der Waals surface area contributed by atoms with Gasteiger partial charge in [-0.15, -0.1) is 0 Å². The molecule has 35 heavy (non-hydrogen) atoms. The number of allylic oxidation sites excluding steroid dienone is 3. The van der Waals surface area contributed by atoms with E-state index in [1.807, 2.05) is 13.0 Å². The molecule has 0 atom stereocenters. The topological polar surface area (TPSA) is 111 Å². The maximum atomic E-state index is 14.2. The van der Waals surface area contributed by atoms with E-state index < -0.39 is 0 Å². The van der Waals surface area contributed by atoms with Crippen molar-refractivity contribution in [1.82, 2.24) is 4.98 Å². The highest BCUT2D eigenvalue weighted by atomic mass is 19.1. The number of ether oxygens (including phenoxy) is 1. The van der Waals surface area contributed by atoms with E-state index in [0.717, 1.165) is 29.0 Å². The van der Waals surface area contributed by atoms with Crippen LogP contribution in [-0.2, 0) is 6.61 Å². The minimum Gasteiger partial charge on any atom is -0.485 e. The number of halogens is 1. The summed E-state index contributed by atoms with van der Waals surface area (Å²) in [5, 5.41) is 3.07. The minimum absolute atomic E-state index is 0.122. The minimum atomic E-state index is -0.359. The van der Waals surface area contributed by atoms with Crippen LogP contribution in [0.4, 0.5) is 10.2 Å². The normalized spacial score (nSPS) is 21.5. The van der Waals surface area contributed by atoms with E-state index in [1.54, 1.807) is 32.6 Å². The van der Waals surface area contributed by atoms with Gasteiger partial charge in [-0.25, -0.2) is 9.37 Å². The van der Waals surface area contributed by atoms with Gasteiger partial charge in [-0.3, -0.25) is 9.98 Å². The predicted molar refractivity (Wildman–Crippen MR) is 140 cm³/mol. The van der Waals surface area contributed by atoms with Crippen molar-refractivity contribution in [3.8, 4) is 5.75 Å². The molecule has 2 bridgehead atoms. The van der Waals surface area contributed by atoms with Gasteiger partial charge in [0, 0.05) is 73.1 Å². The highest BCUT2D eigenvalue weighted by molar-refractivity contribution is 6.14. The van der Waals surface area contributed by atoms with Crippen molar-refractivity contribution in [3.05, 3.63) is 69.8 Å². The number of pyridine rings is 1. The fraction of sp³-hybridized carbons (Fsp3) is 0.370. The SMILES string of the molecule is CN=C/C1=C(\N)c2ccc(F)cc2COc2cc(cnc2NC)C(=NCC2CCC2)/C(=C(/C)N)C1. The molecular weight excluding hydrogens is 443 g/mol. The first kappa shape index (κ1) is 24.4. The molecule has 2 aromatic rings. The Labute approximate surface area is 205 Å². The molecule has 8 heteroatoms. The Kier molecular flexibility index (Phi) is 7.48. The van der Waals surface area contributed by atoms with Crippen LogP contribution in [0.2, 0.25) is 0 Å². The van der Waals surface area contributed by atoms with Crippen LogP contribution in [0.5, 0.6) is 5.75 Å². The number of aromatic nitrogens is 1. The number of nitrogens with zero attached hydrogens (tertiary/aromatic N) is 3. The van der Waals surface area contributed by atoms with E-state index >= 15 is 0 Å². The van der Waals surface area contributed by atoms with Gasteiger partial charge in [-0.2, -0.15) is 0 Å². The van der Waals surface area contributed by atoms with Gasteiger partial charge in [0.15, 0.2) is 11.6 Å². The van der Waals surface area contributed by atoms with Gasteiger partial charge in [-0.05, 0) is 55.5 Å². The van der Waals surface area contributed by atoms with Crippen LogP contribution in [0.3, 0.4) is 0 Å². The summed E-state index contributed by atoms with van der Waals surface area (Å²) in [5.41, 5.74) is 18.8. The van der Waals surface area contributed by atoms with Crippen LogP contribution < -0.4 is 21.5 Å². The lowest BCUT2D eigenvalue weighted by atomic mass is 9.85. The zero-order valence-corrected chi connectivity index (χ0v) is 20.6. The van der Waals surface area contributed by atoms with Crippen molar-refractivity contribution in [2.75, 3.05) is 26.0 Å². The molecule has 1 fully saturated rings. The molecule has 0 radical (unpaired) electrons. The number of nitrogens with two attached hydrogens (primary N) is 2. The molecule has 5 N–H and O–H groups in total. The molecule has 184 valence electrons. The molecule has 0 saturated heterocycles. The first-order valence-electron chi connectivity index (χ1n) is 11.9. The lowest BCUT2D eigenvalue weighted by Crippen LogP contribution is -2.19. The Morgan fingerprint density at radius 2 is 2.11 bits per heavy atom. The van der Waals surface area contributed by atoms with E-state index in [9.17, 15) is 4.39 Å². The molecule has 4 rings (SSSR count). The van der Waals surface area contributed by atoms with Gasteiger partial charge in [-0.1, -0.05) is 6.42 Å². The Morgan fingerprint density at radius 3 is 2.77 bits per heavy atom. The van der Waals surface area contributed by atoms with Gasteiger partial charge in [0.05, 0.1) is 5.71 Å². The third-order valence-electron chi connectivity index (χ3n) is 6.60. The van der Waals surface area contributed by atoms with Crippen molar-refractivity contribution >= 4 is 23.4 Å². The Bertz CT molecular complexity index is 1220. The highest BCUT2D eigenvalue weighted by Crippen LogP contribution is 2.32. The third-order valence-corrected chi connectivity index (χ3v) is 6.60. The summed E-state index contributed by atoms with van der Waals surface area (Å²) in [6.07, 6.45) is 7.57. The largest absolute Gasteiger partial charge is 0.485 e. The molecule has 1 aromatic heterocycles.